The van der Waals surface area contributed by atoms with E-state index in [4.69, 9.17) is 20.1 Å². The van der Waals surface area contributed by atoms with E-state index < -0.39 is 18.3 Å². The number of amides is 4. The van der Waals surface area contributed by atoms with Crippen molar-refractivity contribution in [2.45, 2.75) is 45.5 Å². The van der Waals surface area contributed by atoms with Crippen molar-refractivity contribution in [1.29, 1.82) is 0 Å². The summed E-state index contributed by atoms with van der Waals surface area (Å²) in [5.41, 5.74) is 5.43. The standard InChI is InChI=1S/C40H49N7O7/c41-45-36-21-20-35(28-44-36)37(48)42-22-12-26-46(39(50)53-30-33-16-6-2-7-17-33)24-10-11-25-47(40(51)54-31-34-18-8-3-9-19-34)27-13-23-43-38(49)52-29-32-14-4-1-5-15-32/h1-9,14-21,28H,10-13,22-27,29-31,41H2,(H,42,48)(H,43,49)(H,44,45). The molecule has 0 aliphatic rings. The number of anilines is 1. The number of unbranched alkanes of at least 4 members (excludes halogenated alkanes) is 1. The van der Waals surface area contributed by atoms with Crippen LogP contribution in [0.5, 0.6) is 0 Å². The van der Waals surface area contributed by atoms with Crippen LogP contribution in [-0.4, -0.2) is 78.2 Å². The largest absolute Gasteiger partial charge is 0.445 e. The van der Waals surface area contributed by atoms with Crippen LogP contribution in [0.25, 0.3) is 0 Å². The Morgan fingerprint density at radius 2 is 1.00 bits per heavy atom. The van der Waals surface area contributed by atoms with Gasteiger partial charge in [0.15, 0.2) is 0 Å². The molecule has 4 aromatic rings. The fourth-order valence-corrected chi connectivity index (χ4v) is 5.24. The molecule has 4 amide bonds. The van der Waals surface area contributed by atoms with Crippen molar-refractivity contribution < 1.29 is 33.4 Å². The summed E-state index contributed by atoms with van der Waals surface area (Å²) in [6, 6.07) is 31.4. The minimum atomic E-state index is -0.536. The van der Waals surface area contributed by atoms with E-state index in [0.717, 1.165) is 16.7 Å². The van der Waals surface area contributed by atoms with Gasteiger partial charge in [0, 0.05) is 45.5 Å². The van der Waals surface area contributed by atoms with E-state index in [1.54, 1.807) is 21.9 Å². The number of ether oxygens (including phenoxy) is 3. The van der Waals surface area contributed by atoms with Gasteiger partial charge in [-0.2, -0.15) is 0 Å². The highest BCUT2D eigenvalue weighted by Gasteiger charge is 2.18. The van der Waals surface area contributed by atoms with Crippen molar-refractivity contribution in [2.75, 3.05) is 44.7 Å². The lowest BCUT2D eigenvalue weighted by Crippen LogP contribution is -2.37. The number of hydrogen-bond acceptors (Lipinski definition) is 10. The zero-order valence-electron chi connectivity index (χ0n) is 30.4. The van der Waals surface area contributed by atoms with Crippen LogP contribution in [0.3, 0.4) is 0 Å². The molecule has 286 valence electrons. The summed E-state index contributed by atoms with van der Waals surface area (Å²) in [7, 11) is 0. The SMILES string of the molecule is NNc1ccc(C(=O)NCCCN(CCCCN(CCCNC(=O)OCc2ccccc2)C(=O)OCc2ccccc2)C(=O)OCc2ccccc2)cn1. The minimum absolute atomic E-state index is 0.127. The predicted octanol–water partition coefficient (Wildman–Crippen LogP) is 5.86. The number of alkyl carbamates (subject to hydrolysis) is 1. The second-order valence-electron chi connectivity index (χ2n) is 12.3. The number of nitrogens with one attached hydrogen (secondary N) is 3. The van der Waals surface area contributed by atoms with Crippen LogP contribution in [0.2, 0.25) is 0 Å². The normalized spacial score (nSPS) is 10.5. The monoisotopic (exact) mass is 739 g/mol. The van der Waals surface area contributed by atoms with Gasteiger partial charge in [0.2, 0.25) is 0 Å². The van der Waals surface area contributed by atoms with Crippen molar-refractivity contribution in [1.82, 2.24) is 25.4 Å². The number of nitrogens with two attached hydrogens (primary N) is 1. The number of nitrogens with zero attached hydrogens (tertiary/aromatic N) is 3. The molecule has 0 radical (unpaired) electrons. The Labute approximate surface area is 315 Å². The Morgan fingerprint density at radius 1 is 0.556 bits per heavy atom. The molecule has 0 aliphatic heterocycles. The molecular weight excluding hydrogens is 690 g/mol. The first-order valence-electron chi connectivity index (χ1n) is 18.0. The maximum Gasteiger partial charge on any atom is 0.410 e. The summed E-state index contributed by atoms with van der Waals surface area (Å²) in [4.78, 5) is 58.5. The Hall–Kier alpha value is -6.15. The van der Waals surface area contributed by atoms with Crippen LogP contribution < -0.4 is 21.9 Å². The molecule has 0 saturated heterocycles. The van der Waals surface area contributed by atoms with Crippen molar-refractivity contribution in [3.8, 4) is 0 Å². The average molecular weight is 740 g/mol. The Bertz CT molecular complexity index is 1700. The number of carbonyl (C=O) groups is 4. The quantitative estimate of drug-likeness (QED) is 0.0350. The maximum absolute atomic E-state index is 13.2. The molecule has 4 rings (SSSR count). The first kappa shape index (κ1) is 40.6. The van der Waals surface area contributed by atoms with E-state index >= 15 is 0 Å². The summed E-state index contributed by atoms with van der Waals surface area (Å²) in [5.74, 6) is 5.50. The summed E-state index contributed by atoms with van der Waals surface area (Å²) in [6.45, 7) is 2.49. The third kappa shape index (κ3) is 15.2. The zero-order valence-corrected chi connectivity index (χ0v) is 30.4. The molecule has 0 bridgehead atoms. The number of aromatic nitrogens is 1. The van der Waals surface area contributed by atoms with Crippen molar-refractivity contribution >= 4 is 30.0 Å². The van der Waals surface area contributed by atoms with E-state index in [9.17, 15) is 19.2 Å². The van der Waals surface area contributed by atoms with E-state index in [2.05, 4.69) is 21.0 Å². The highest BCUT2D eigenvalue weighted by atomic mass is 16.6. The summed E-state index contributed by atoms with van der Waals surface area (Å²) in [6.07, 6.45) is 2.07. The molecule has 3 aromatic carbocycles. The Morgan fingerprint density at radius 3 is 1.44 bits per heavy atom. The molecule has 14 nitrogen and oxygen atoms in total. The van der Waals surface area contributed by atoms with Crippen LogP contribution in [0, 0.1) is 0 Å². The predicted molar refractivity (Wildman–Crippen MR) is 204 cm³/mol. The van der Waals surface area contributed by atoms with E-state index in [-0.39, 0.29) is 25.7 Å². The van der Waals surface area contributed by atoms with E-state index in [1.165, 1.54) is 6.20 Å². The number of rotatable bonds is 21. The maximum atomic E-state index is 13.2. The fourth-order valence-electron chi connectivity index (χ4n) is 5.24. The van der Waals surface area contributed by atoms with Crippen molar-refractivity contribution in [2.24, 2.45) is 5.84 Å². The second-order valence-corrected chi connectivity index (χ2v) is 12.3. The summed E-state index contributed by atoms with van der Waals surface area (Å²) >= 11 is 0. The smallest absolute Gasteiger partial charge is 0.410 e. The van der Waals surface area contributed by atoms with Gasteiger partial charge < -0.3 is 40.1 Å². The lowest BCUT2D eigenvalue weighted by molar-refractivity contribution is 0.0887. The molecule has 0 aliphatic carbocycles. The van der Waals surface area contributed by atoms with Gasteiger partial charge in [-0.15, -0.1) is 0 Å². The van der Waals surface area contributed by atoms with Crippen LogP contribution in [0.15, 0.2) is 109 Å². The third-order valence-electron chi connectivity index (χ3n) is 8.18. The zero-order chi connectivity index (χ0) is 38.2. The van der Waals surface area contributed by atoms with Gasteiger partial charge in [-0.25, -0.2) is 25.2 Å². The summed E-state index contributed by atoms with van der Waals surface area (Å²) in [5, 5.41) is 5.59. The molecule has 0 atom stereocenters. The third-order valence-corrected chi connectivity index (χ3v) is 8.18. The van der Waals surface area contributed by atoms with Crippen LogP contribution >= 0.6 is 0 Å². The van der Waals surface area contributed by atoms with Crippen molar-refractivity contribution in [3.05, 3.63) is 132 Å². The van der Waals surface area contributed by atoms with Gasteiger partial charge >= 0.3 is 18.3 Å². The van der Waals surface area contributed by atoms with E-state index in [0.29, 0.717) is 76.3 Å². The molecule has 14 heteroatoms. The Balaban J connectivity index is 1.26. The molecule has 5 N–H and O–H groups in total. The van der Waals surface area contributed by atoms with Crippen molar-refractivity contribution in [3.63, 3.8) is 0 Å². The highest BCUT2D eigenvalue weighted by molar-refractivity contribution is 5.94. The number of carbonyl (C=O) groups excluding carboxylic acids is 4. The average Bonchev–Trinajstić information content (AvgIpc) is 3.22. The topological polar surface area (TPSA) is 177 Å². The molecule has 1 heterocycles. The first-order chi connectivity index (χ1) is 26.4. The molecule has 0 unspecified atom stereocenters. The molecule has 0 spiro atoms. The number of hydrogen-bond donors (Lipinski definition) is 4. The first-order valence-corrected chi connectivity index (χ1v) is 18.0. The number of nitrogen functional groups attached to an aromatic ring is 1. The van der Waals surface area contributed by atoms with Gasteiger partial charge in [0.25, 0.3) is 5.91 Å². The Kier molecular flexibility index (Phi) is 17.6. The summed E-state index contributed by atoms with van der Waals surface area (Å²) < 4.78 is 16.5. The van der Waals surface area contributed by atoms with Crippen LogP contribution in [-0.2, 0) is 34.0 Å². The fraction of sp³-hybridized carbons (Fsp3) is 0.325. The van der Waals surface area contributed by atoms with Crippen LogP contribution in [0.4, 0.5) is 20.2 Å². The number of pyridine rings is 1. The molecular formula is C40H49N7O7. The number of benzene rings is 3. The lowest BCUT2D eigenvalue weighted by atomic mass is 10.2. The van der Waals surface area contributed by atoms with Gasteiger partial charge in [-0.3, -0.25) is 4.79 Å². The van der Waals surface area contributed by atoms with Gasteiger partial charge in [-0.05, 0) is 54.5 Å². The molecule has 1 aromatic heterocycles. The lowest BCUT2D eigenvalue weighted by Gasteiger charge is -2.24. The number of hydrazine groups is 1. The van der Waals surface area contributed by atoms with Crippen LogP contribution in [0.1, 0.15) is 52.7 Å². The van der Waals surface area contributed by atoms with Gasteiger partial charge in [0.05, 0.1) is 5.56 Å². The van der Waals surface area contributed by atoms with E-state index in [1.807, 2.05) is 91.0 Å². The molecule has 54 heavy (non-hydrogen) atoms. The second kappa shape index (κ2) is 23.4. The molecule has 0 saturated carbocycles. The van der Waals surface area contributed by atoms with Gasteiger partial charge in [0.1, 0.15) is 25.6 Å². The highest BCUT2D eigenvalue weighted by Crippen LogP contribution is 2.10. The molecule has 0 fully saturated rings. The minimum Gasteiger partial charge on any atom is -0.445 e. The van der Waals surface area contributed by atoms with Gasteiger partial charge in [-0.1, -0.05) is 91.0 Å².